The molecule has 1 aliphatic carbocycles. The second kappa shape index (κ2) is 16.5. The molecule has 6 heterocycles. The molecule has 5 atom stereocenters. The zero-order chi connectivity index (χ0) is 47.3. The summed E-state index contributed by atoms with van der Waals surface area (Å²) in [5.41, 5.74) is 4.90. The molecule has 350 valence electrons. The number of ether oxygens (including phenoxy) is 1. The van der Waals surface area contributed by atoms with Gasteiger partial charge in [0.2, 0.25) is 0 Å². The van der Waals surface area contributed by atoms with Crippen LogP contribution in [0.5, 0.6) is 0 Å². The van der Waals surface area contributed by atoms with E-state index in [9.17, 15) is 19.3 Å². The van der Waals surface area contributed by atoms with Crippen molar-refractivity contribution in [3.05, 3.63) is 133 Å². The number of H-pyrrole nitrogens is 1. The number of rotatable bonds is 11. The van der Waals surface area contributed by atoms with E-state index in [1.165, 1.54) is 21.6 Å². The molecule has 4 aromatic heterocycles. The number of carbonyl (C=O) groups excluding carboxylic acids is 1. The Balaban J connectivity index is 1.11. The first-order chi connectivity index (χ1) is 32.1. The number of benzene rings is 3. The summed E-state index contributed by atoms with van der Waals surface area (Å²) in [6.45, 7) is 12.4. The van der Waals surface area contributed by atoms with Crippen LogP contribution in [0.1, 0.15) is 103 Å². The number of imidazole rings is 1. The van der Waals surface area contributed by atoms with Crippen LogP contribution in [-0.2, 0) is 21.3 Å². The number of carbonyl (C=O) groups is 1. The van der Waals surface area contributed by atoms with Gasteiger partial charge in [0.05, 0.1) is 23.1 Å². The number of anilines is 1. The van der Waals surface area contributed by atoms with E-state index in [1.54, 1.807) is 75.2 Å². The van der Waals surface area contributed by atoms with Gasteiger partial charge >= 0.3 is 11.4 Å². The summed E-state index contributed by atoms with van der Waals surface area (Å²) in [6, 6.07) is 16.2. The Morgan fingerprint density at radius 2 is 1.75 bits per heavy atom. The number of aromatic nitrogens is 7. The minimum absolute atomic E-state index is 0.00843. The van der Waals surface area contributed by atoms with Crippen molar-refractivity contribution in [2.24, 2.45) is 5.92 Å². The highest BCUT2D eigenvalue weighted by Gasteiger charge is 2.59. The Bertz CT molecular complexity index is 3260. The van der Waals surface area contributed by atoms with Crippen LogP contribution < -0.4 is 22.1 Å². The molecule has 7 aromatic rings. The highest BCUT2D eigenvalue weighted by atomic mass is 31.2. The number of aliphatic hydroxyl groups excluding tert-OH is 1. The number of halogens is 1. The summed E-state index contributed by atoms with van der Waals surface area (Å²) in [4.78, 5) is 47.4. The molecule has 18 heteroatoms. The number of nitrogens with one attached hydrogen (secondary N) is 2. The highest BCUT2D eigenvalue weighted by Crippen LogP contribution is 2.56. The largest absolute Gasteiger partial charge is 0.438 e. The fourth-order valence-corrected chi connectivity index (χ4v) is 13.0. The molecule has 2 aliphatic heterocycles. The van der Waals surface area contributed by atoms with Crippen LogP contribution >= 0.6 is 7.14 Å². The number of aliphatic hydroxyl groups is 1. The van der Waals surface area contributed by atoms with Crippen molar-refractivity contribution in [3.63, 3.8) is 0 Å². The van der Waals surface area contributed by atoms with E-state index in [0.29, 0.717) is 101 Å². The lowest BCUT2D eigenvalue weighted by atomic mass is 9.91. The molecule has 3 aliphatic rings. The van der Waals surface area contributed by atoms with Gasteiger partial charge < -0.3 is 29.2 Å². The molecule has 0 bridgehead atoms. The molecular formula is C49H55FN9O7P. The smallest absolute Gasteiger partial charge is 0.387 e. The first-order valence-electron chi connectivity index (χ1n) is 23.0. The van der Waals surface area contributed by atoms with Gasteiger partial charge in [0.25, 0.3) is 5.91 Å². The molecule has 1 saturated carbocycles. The van der Waals surface area contributed by atoms with Gasteiger partial charge in [-0.3, -0.25) is 23.4 Å². The summed E-state index contributed by atoms with van der Waals surface area (Å²) in [7, 11) is -1.48. The van der Waals surface area contributed by atoms with Crippen molar-refractivity contribution in [1.29, 1.82) is 0 Å². The first kappa shape index (κ1) is 44.5. The summed E-state index contributed by atoms with van der Waals surface area (Å²) in [6.07, 6.45) is 6.34. The van der Waals surface area contributed by atoms with Gasteiger partial charge in [-0.05, 0) is 124 Å². The van der Waals surface area contributed by atoms with E-state index in [-0.39, 0.29) is 23.8 Å². The van der Waals surface area contributed by atoms with E-state index in [4.69, 9.17) is 14.4 Å². The zero-order valence-electron chi connectivity index (χ0n) is 38.7. The van der Waals surface area contributed by atoms with Crippen LogP contribution in [0.2, 0.25) is 0 Å². The first-order valence-corrected chi connectivity index (χ1v) is 25.0. The summed E-state index contributed by atoms with van der Waals surface area (Å²) in [5.74, 6) is -1.23. The molecular weight excluding hydrogens is 877 g/mol. The quantitative estimate of drug-likeness (QED) is 0.114. The maximum Gasteiger partial charge on any atom is 0.438 e. The van der Waals surface area contributed by atoms with E-state index in [2.05, 4.69) is 40.6 Å². The molecule has 1 saturated heterocycles. The standard InChI is InChI=1S/C49H55FN9O7P/c1-8-67(64,31(6)60)41-12-10-35(25-38(41)51-7)56-17-18-57(48(56)63)44-42-30(5)55(16-13-37(42)53-59(44)36-21-27(2)43(50)28(3)22-36)45(61)40-24-34-23-33(32-14-19-65-20-15-32)9-11-39(34)58(40)49(26-29(49)4)46-52-47(62)66-54-46/h9-12,17-18,21-25,29-32,51,60H,8,13-16,19-20,26H2,1-7H3,(H,52,54,62)/t29-,30-,31?,49-,67?/m0/s1. The lowest BCUT2D eigenvalue weighted by Crippen LogP contribution is -2.41. The molecule has 3 N–H and O–H groups in total. The lowest BCUT2D eigenvalue weighted by molar-refractivity contribution is 0.0663. The Morgan fingerprint density at radius 3 is 2.39 bits per heavy atom. The van der Waals surface area contributed by atoms with Crippen LogP contribution in [-0.4, -0.2) is 88.3 Å². The molecule has 2 fully saturated rings. The van der Waals surface area contributed by atoms with Gasteiger partial charge in [-0.15, -0.1) is 0 Å². The van der Waals surface area contributed by atoms with Crippen molar-refractivity contribution >= 4 is 34.9 Å². The maximum atomic E-state index is 15.5. The van der Waals surface area contributed by atoms with Crippen LogP contribution in [0.3, 0.4) is 0 Å². The van der Waals surface area contributed by atoms with E-state index in [1.807, 2.05) is 22.5 Å². The zero-order valence-corrected chi connectivity index (χ0v) is 39.6. The normalized spacial score (nSPS) is 21.1. The average Bonchev–Trinajstić information content (AvgIpc) is 3.82. The number of hydrogen-bond donors (Lipinski definition) is 3. The SMILES string of the molecule is CCP(=O)(c1ccc(-n2ccn(-c3c4c(nn3-c3cc(C)c(F)c(C)c3)CCN(C(=O)c3cc5cc(C6CCOCC6)ccc5n3[C@@]3(c5noc(=O)[nH]5)C[C@@H]3C)[C@H]4C)c2=O)cc1NC)C(C)O. The molecule has 10 rings (SSSR count). The van der Waals surface area contributed by atoms with Gasteiger partial charge in [0.1, 0.15) is 35.9 Å². The molecule has 3 aromatic carbocycles. The Labute approximate surface area is 385 Å². The molecule has 1 amide bonds. The molecule has 67 heavy (non-hydrogen) atoms. The van der Waals surface area contributed by atoms with Crippen molar-refractivity contribution in [3.8, 4) is 17.2 Å². The topological polar surface area (TPSA) is 187 Å². The van der Waals surface area contributed by atoms with Crippen LogP contribution in [0.25, 0.3) is 28.1 Å². The minimum Gasteiger partial charge on any atom is -0.387 e. The third kappa shape index (κ3) is 6.99. The third-order valence-electron chi connectivity index (χ3n) is 14.6. The van der Waals surface area contributed by atoms with Crippen molar-refractivity contribution in [2.75, 3.05) is 38.3 Å². The maximum absolute atomic E-state index is 15.5. The second-order valence-corrected chi connectivity index (χ2v) is 21.9. The van der Waals surface area contributed by atoms with Gasteiger partial charge in [-0.1, -0.05) is 25.1 Å². The van der Waals surface area contributed by atoms with Crippen LogP contribution in [0, 0.1) is 25.6 Å². The van der Waals surface area contributed by atoms with Crippen molar-refractivity contribution in [2.45, 2.75) is 90.6 Å². The molecule has 0 spiro atoms. The number of nitrogens with zero attached hydrogens (tertiary/aromatic N) is 7. The van der Waals surface area contributed by atoms with Gasteiger partial charge in [-0.25, -0.2) is 18.7 Å². The van der Waals surface area contributed by atoms with Crippen molar-refractivity contribution in [1.82, 2.24) is 38.5 Å². The third-order valence-corrected chi connectivity index (χ3v) is 18.0. The molecule has 2 unspecified atom stereocenters. The fraction of sp³-hybridized carbons (Fsp3) is 0.408. The number of amides is 1. The molecule has 16 nitrogen and oxygen atoms in total. The Hall–Kier alpha value is -6.29. The fourth-order valence-electron chi connectivity index (χ4n) is 10.8. The summed E-state index contributed by atoms with van der Waals surface area (Å²) in [5, 5.41) is 24.3. The summed E-state index contributed by atoms with van der Waals surface area (Å²) < 4.78 is 46.5. The van der Waals surface area contributed by atoms with Gasteiger partial charge in [-0.2, -0.15) is 5.10 Å². The average molecular weight is 932 g/mol. The van der Waals surface area contributed by atoms with E-state index >= 15 is 9.18 Å². The monoisotopic (exact) mass is 931 g/mol. The van der Waals surface area contributed by atoms with Crippen LogP contribution in [0.4, 0.5) is 10.1 Å². The predicted octanol–water partition coefficient (Wildman–Crippen LogP) is 7.03. The summed E-state index contributed by atoms with van der Waals surface area (Å²) >= 11 is 0. The lowest BCUT2D eigenvalue weighted by Gasteiger charge is -2.34. The van der Waals surface area contributed by atoms with Gasteiger partial charge in [0.15, 0.2) is 5.82 Å². The second-order valence-electron chi connectivity index (χ2n) is 18.5. The van der Waals surface area contributed by atoms with Gasteiger partial charge in [0, 0.05) is 79.2 Å². The highest BCUT2D eigenvalue weighted by molar-refractivity contribution is 7.72. The number of fused-ring (bicyclic) bond motifs is 2. The number of hydrogen-bond acceptors (Lipinski definition) is 10. The van der Waals surface area contributed by atoms with Crippen LogP contribution in [0.15, 0.2) is 81.1 Å². The predicted molar refractivity (Wildman–Crippen MR) is 253 cm³/mol. The van der Waals surface area contributed by atoms with E-state index in [0.717, 1.165) is 23.7 Å². The molecule has 0 radical (unpaired) electrons. The van der Waals surface area contributed by atoms with E-state index < -0.39 is 36.0 Å². The minimum atomic E-state index is -3.19. The Kier molecular flexibility index (Phi) is 11.0. The van der Waals surface area contributed by atoms with Crippen molar-refractivity contribution < 1.29 is 28.1 Å². The Morgan fingerprint density at radius 1 is 1.03 bits per heavy atom. The number of aromatic amines is 1. The number of aryl methyl sites for hydroxylation is 2.